The molecule has 1 fully saturated rings. The number of aryl methyl sites for hydroxylation is 1. The smallest absolute Gasteiger partial charge is 0.263 e. The van der Waals surface area contributed by atoms with Crippen molar-refractivity contribution in [1.82, 2.24) is 14.8 Å². The highest BCUT2D eigenvalue weighted by Crippen LogP contribution is 2.05. The van der Waals surface area contributed by atoms with Crippen LogP contribution in [0, 0.1) is 12.8 Å². The standard InChI is InChI=1S/C16H25N3O3/c1-4-19-12(2)5-6-14(16(19)21)15(20)17-9-13-10-18(3)7-8-22-11-13/h5-6,13H,4,7-11H2,1-3H3,(H,17,20)/t13-/m0/s1. The maximum Gasteiger partial charge on any atom is 0.263 e. The van der Waals surface area contributed by atoms with Crippen molar-refractivity contribution in [2.24, 2.45) is 5.92 Å². The van der Waals surface area contributed by atoms with E-state index in [1.54, 1.807) is 10.6 Å². The minimum Gasteiger partial charge on any atom is -0.380 e. The molecule has 6 heteroatoms. The quantitative estimate of drug-likeness (QED) is 0.879. The predicted molar refractivity (Wildman–Crippen MR) is 85.3 cm³/mol. The first-order valence-corrected chi connectivity index (χ1v) is 7.77. The summed E-state index contributed by atoms with van der Waals surface area (Å²) in [5.74, 6) is -0.0607. The molecule has 0 unspecified atom stereocenters. The first kappa shape index (κ1) is 16.7. The van der Waals surface area contributed by atoms with Gasteiger partial charge in [-0.25, -0.2) is 0 Å². The van der Waals surface area contributed by atoms with Crippen molar-refractivity contribution in [3.05, 3.63) is 33.7 Å². The van der Waals surface area contributed by atoms with E-state index in [0.717, 1.165) is 25.4 Å². The molecule has 1 aliphatic heterocycles. The van der Waals surface area contributed by atoms with Gasteiger partial charge in [0, 0.05) is 37.8 Å². The number of carbonyl (C=O) groups excluding carboxylic acids is 1. The summed E-state index contributed by atoms with van der Waals surface area (Å²) in [4.78, 5) is 26.8. The SMILES string of the molecule is CCn1c(C)ccc(C(=O)NC[C@@H]2COCCN(C)C2)c1=O. The second-order valence-corrected chi connectivity index (χ2v) is 5.85. The lowest BCUT2D eigenvalue weighted by molar-refractivity contribution is 0.0919. The fraction of sp³-hybridized carbons (Fsp3) is 0.625. The molecule has 0 aliphatic carbocycles. The van der Waals surface area contributed by atoms with E-state index in [4.69, 9.17) is 4.74 Å². The number of pyridine rings is 1. The second kappa shape index (κ2) is 7.56. The van der Waals surface area contributed by atoms with Gasteiger partial charge in [-0.3, -0.25) is 9.59 Å². The summed E-state index contributed by atoms with van der Waals surface area (Å²) >= 11 is 0. The summed E-state index contributed by atoms with van der Waals surface area (Å²) in [5, 5.41) is 2.87. The summed E-state index contributed by atoms with van der Waals surface area (Å²) < 4.78 is 7.14. The van der Waals surface area contributed by atoms with Gasteiger partial charge in [-0.2, -0.15) is 0 Å². The first-order chi connectivity index (χ1) is 10.5. The minimum atomic E-state index is -0.306. The van der Waals surface area contributed by atoms with Crippen LogP contribution in [-0.2, 0) is 11.3 Å². The molecule has 0 aromatic carbocycles. The molecule has 22 heavy (non-hydrogen) atoms. The van der Waals surface area contributed by atoms with E-state index in [1.807, 2.05) is 27.0 Å². The lowest BCUT2D eigenvalue weighted by Crippen LogP contribution is -2.38. The molecular weight excluding hydrogens is 282 g/mol. The third kappa shape index (κ3) is 3.96. The van der Waals surface area contributed by atoms with Crippen LogP contribution in [0.3, 0.4) is 0 Å². The van der Waals surface area contributed by atoms with Crippen LogP contribution in [-0.4, -0.2) is 55.3 Å². The zero-order chi connectivity index (χ0) is 16.1. The Hall–Kier alpha value is -1.66. The Bertz CT molecular complexity index is 582. The van der Waals surface area contributed by atoms with Crippen LogP contribution in [0.2, 0.25) is 0 Å². The van der Waals surface area contributed by atoms with E-state index in [0.29, 0.717) is 19.7 Å². The van der Waals surface area contributed by atoms with Crippen molar-refractivity contribution in [3.8, 4) is 0 Å². The molecule has 0 saturated carbocycles. The average molecular weight is 307 g/mol. The lowest BCUT2D eigenvalue weighted by Gasteiger charge is -2.19. The highest BCUT2D eigenvalue weighted by atomic mass is 16.5. The van der Waals surface area contributed by atoms with Crippen molar-refractivity contribution < 1.29 is 9.53 Å². The minimum absolute atomic E-state index is 0.204. The number of nitrogens with one attached hydrogen (secondary N) is 1. The van der Waals surface area contributed by atoms with Crippen LogP contribution in [0.4, 0.5) is 0 Å². The van der Waals surface area contributed by atoms with Crippen molar-refractivity contribution in [2.45, 2.75) is 20.4 Å². The van der Waals surface area contributed by atoms with Crippen LogP contribution in [0.5, 0.6) is 0 Å². The lowest BCUT2D eigenvalue weighted by atomic mass is 10.1. The van der Waals surface area contributed by atoms with Gasteiger partial charge in [-0.15, -0.1) is 0 Å². The summed E-state index contributed by atoms with van der Waals surface area (Å²) in [6, 6.07) is 3.41. The summed E-state index contributed by atoms with van der Waals surface area (Å²) in [7, 11) is 2.05. The molecule has 0 spiro atoms. The van der Waals surface area contributed by atoms with Crippen LogP contribution < -0.4 is 10.9 Å². The number of nitrogens with zero attached hydrogens (tertiary/aromatic N) is 2. The fourth-order valence-electron chi connectivity index (χ4n) is 2.75. The number of rotatable bonds is 4. The fourth-order valence-corrected chi connectivity index (χ4v) is 2.75. The van der Waals surface area contributed by atoms with Crippen molar-refractivity contribution in [1.29, 1.82) is 0 Å². The topological polar surface area (TPSA) is 63.6 Å². The van der Waals surface area contributed by atoms with E-state index < -0.39 is 0 Å². The number of hydrogen-bond donors (Lipinski definition) is 1. The molecule has 1 aliphatic rings. The molecule has 1 atom stereocenters. The second-order valence-electron chi connectivity index (χ2n) is 5.85. The molecule has 0 bridgehead atoms. The molecule has 1 aromatic rings. The van der Waals surface area contributed by atoms with Gasteiger partial charge in [0.1, 0.15) is 5.56 Å². The molecule has 1 N–H and O–H groups in total. The number of carbonyl (C=O) groups is 1. The largest absolute Gasteiger partial charge is 0.380 e. The Morgan fingerprint density at radius 3 is 2.95 bits per heavy atom. The third-order valence-corrected chi connectivity index (χ3v) is 4.05. The van der Waals surface area contributed by atoms with Gasteiger partial charge in [0.15, 0.2) is 0 Å². The molecule has 1 aromatic heterocycles. The van der Waals surface area contributed by atoms with Gasteiger partial charge >= 0.3 is 0 Å². The Morgan fingerprint density at radius 1 is 1.45 bits per heavy atom. The van der Waals surface area contributed by atoms with E-state index in [-0.39, 0.29) is 22.9 Å². The third-order valence-electron chi connectivity index (χ3n) is 4.05. The Kier molecular flexibility index (Phi) is 5.74. The van der Waals surface area contributed by atoms with Gasteiger partial charge in [-0.05, 0) is 33.0 Å². The normalized spacial score (nSPS) is 19.7. The monoisotopic (exact) mass is 307 g/mol. The van der Waals surface area contributed by atoms with E-state index in [9.17, 15) is 9.59 Å². The number of likely N-dealkylation sites (N-methyl/N-ethyl adjacent to an activating group) is 1. The Morgan fingerprint density at radius 2 is 2.23 bits per heavy atom. The summed E-state index contributed by atoms with van der Waals surface area (Å²) in [6.07, 6.45) is 0. The highest BCUT2D eigenvalue weighted by molar-refractivity contribution is 5.93. The van der Waals surface area contributed by atoms with E-state index in [2.05, 4.69) is 10.2 Å². The molecule has 1 saturated heterocycles. The molecule has 2 rings (SSSR count). The molecule has 2 heterocycles. The van der Waals surface area contributed by atoms with Crippen molar-refractivity contribution in [3.63, 3.8) is 0 Å². The number of amides is 1. The molecule has 1 amide bonds. The highest BCUT2D eigenvalue weighted by Gasteiger charge is 2.18. The summed E-state index contributed by atoms with van der Waals surface area (Å²) in [5.41, 5.74) is 0.840. The number of hydrogen-bond acceptors (Lipinski definition) is 4. The first-order valence-electron chi connectivity index (χ1n) is 7.77. The summed E-state index contributed by atoms with van der Waals surface area (Å²) in [6.45, 7) is 7.99. The van der Waals surface area contributed by atoms with E-state index in [1.165, 1.54) is 0 Å². The van der Waals surface area contributed by atoms with Crippen LogP contribution in [0.15, 0.2) is 16.9 Å². The van der Waals surface area contributed by atoms with Crippen molar-refractivity contribution in [2.75, 3.05) is 39.9 Å². The van der Waals surface area contributed by atoms with Gasteiger partial charge < -0.3 is 19.5 Å². The van der Waals surface area contributed by atoms with Crippen LogP contribution >= 0.6 is 0 Å². The van der Waals surface area contributed by atoms with Gasteiger partial charge in [0.2, 0.25) is 0 Å². The van der Waals surface area contributed by atoms with Gasteiger partial charge in [0.25, 0.3) is 11.5 Å². The zero-order valence-corrected chi connectivity index (χ0v) is 13.6. The van der Waals surface area contributed by atoms with Gasteiger partial charge in [-0.1, -0.05) is 0 Å². The van der Waals surface area contributed by atoms with Crippen LogP contribution in [0.1, 0.15) is 23.0 Å². The Labute approximate surface area is 131 Å². The van der Waals surface area contributed by atoms with Crippen molar-refractivity contribution >= 4 is 5.91 Å². The van der Waals surface area contributed by atoms with Gasteiger partial charge in [0.05, 0.1) is 13.2 Å². The number of aromatic nitrogens is 1. The predicted octanol–water partition coefficient (Wildman–Crippen LogP) is 0.485. The molecular formula is C16H25N3O3. The molecule has 6 nitrogen and oxygen atoms in total. The molecule has 122 valence electrons. The van der Waals surface area contributed by atoms with Crippen LogP contribution in [0.25, 0.3) is 0 Å². The maximum atomic E-state index is 12.3. The maximum absolute atomic E-state index is 12.3. The zero-order valence-electron chi connectivity index (χ0n) is 13.6. The number of ether oxygens (including phenoxy) is 1. The van der Waals surface area contributed by atoms with E-state index >= 15 is 0 Å². The average Bonchev–Trinajstić information content (AvgIpc) is 2.69. The molecule has 0 radical (unpaired) electrons. The Balaban J connectivity index is 2.02.